The summed E-state index contributed by atoms with van der Waals surface area (Å²) in [5.74, 6) is 0.645. The predicted octanol–water partition coefficient (Wildman–Crippen LogP) is 1.12. The molecule has 1 aliphatic heterocycles. The Labute approximate surface area is 121 Å². The summed E-state index contributed by atoms with van der Waals surface area (Å²) in [6.07, 6.45) is 4.28. The van der Waals surface area contributed by atoms with Crippen LogP contribution >= 0.6 is 0 Å². The van der Waals surface area contributed by atoms with Gasteiger partial charge in [0.25, 0.3) is 0 Å². The number of nitrogens with zero attached hydrogens (tertiary/aromatic N) is 3. The van der Waals surface area contributed by atoms with E-state index in [2.05, 4.69) is 34.9 Å². The van der Waals surface area contributed by atoms with Gasteiger partial charge in [0.2, 0.25) is 5.88 Å². The van der Waals surface area contributed by atoms with Crippen molar-refractivity contribution in [1.82, 2.24) is 14.8 Å². The van der Waals surface area contributed by atoms with Crippen LogP contribution in [0.5, 0.6) is 5.88 Å². The van der Waals surface area contributed by atoms with Gasteiger partial charge in [0.15, 0.2) is 0 Å². The van der Waals surface area contributed by atoms with Crippen molar-refractivity contribution in [2.75, 3.05) is 40.8 Å². The molecule has 1 aromatic heterocycles. The Morgan fingerprint density at radius 3 is 2.65 bits per heavy atom. The van der Waals surface area contributed by atoms with E-state index in [9.17, 15) is 0 Å². The van der Waals surface area contributed by atoms with E-state index >= 15 is 0 Å². The largest absolute Gasteiger partial charge is 0.481 e. The van der Waals surface area contributed by atoms with Crippen LogP contribution in [-0.4, -0.2) is 61.7 Å². The number of likely N-dealkylation sites (tertiary alicyclic amines) is 1. The number of rotatable bonds is 5. The summed E-state index contributed by atoms with van der Waals surface area (Å²) in [6.45, 7) is 2.93. The van der Waals surface area contributed by atoms with Crippen LogP contribution in [0.15, 0.2) is 18.3 Å². The topological polar surface area (TPSA) is 54.6 Å². The molecule has 2 heterocycles. The maximum Gasteiger partial charge on any atom is 0.212 e. The molecule has 0 bridgehead atoms. The van der Waals surface area contributed by atoms with Gasteiger partial charge in [0, 0.05) is 30.9 Å². The SMILES string of the molecule is COc1ccc(C(CN)N(C)C2CCN(C)CC2)cn1. The fraction of sp³-hybridized carbons (Fsp3) is 0.667. The maximum absolute atomic E-state index is 6.00. The molecule has 1 unspecified atom stereocenters. The number of hydrogen-bond acceptors (Lipinski definition) is 5. The fourth-order valence-corrected chi connectivity index (χ4v) is 2.90. The van der Waals surface area contributed by atoms with Crippen LogP contribution in [0.3, 0.4) is 0 Å². The molecule has 0 spiro atoms. The minimum absolute atomic E-state index is 0.224. The second-order valence-electron chi connectivity index (χ2n) is 5.59. The van der Waals surface area contributed by atoms with Gasteiger partial charge in [0.1, 0.15) is 0 Å². The van der Waals surface area contributed by atoms with E-state index < -0.39 is 0 Å². The van der Waals surface area contributed by atoms with Gasteiger partial charge in [-0.2, -0.15) is 0 Å². The van der Waals surface area contributed by atoms with Crippen LogP contribution in [0.4, 0.5) is 0 Å². The highest BCUT2D eigenvalue weighted by molar-refractivity contribution is 5.21. The number of pyridine rings is 1. The molecular weight excluding hydrogens is 252 g/mol. The normalized spacial score (nSPS) is 19.2. The van der Waals surface area contributed by atoms with Crippen LogP contribution in [0.1, 0.15) is 24.4 Å². The Hall–Kier alpha value is -1.17. The monoisotopic (exact) mass is 278 g/mol. The molecule has 1 aromatic rings. The van der Waals surface area contributed by atoms with Gasteiger partial charge >= 0.3 is 0 Å². The fourth-order valence-electron chi connectivity index (χ4n) is 2.90. The first-order chi connectivity index (χ1) is 9.65. The summed E-state index contributed by atoms with van der Waals surface area (Å²) < 4.78 is 5.11. The number of ether oxygens (including phenoxy) is 1. The van der Waals surface area contributed by atoms with E-state index in [1.165, 1.54) is 12.8 Å². The van der Waals surface area contributed by atoms with Crippen LogP contribution in [0, 0.1) is 0 Å². The molecule has 5 heteroatoms. The molecule has 0 radical (unpaired) electrons. The highest BCUT2D eigenvalue weighted by atomic mass is 16.5. The summed E-state index contributed by atoms with van der Waals surface area (Å²) >= 11 is 0. The molecule has 2 N–H and O–H groups in total. The van der Waals surface area contributed by atoms with Gasteiger partial charge in [-0.15, -0.1) is 0 Å². The molecule has 0 aliphatic carbocycles. The number of nitrogens with two attached hydrogens (primary N) is 1. The Morgan fingerprint density at radius 1 is 1.45 bits per heavy atom. The lowest BCUT2D eigenvalue weighted by molar-refractivity contribution is 0.109. The lowest BCUT2D eigenvalue weighted by Gasteiger charge is -2.39. The molecular formula is C15H26N4O. The Bertz CT molecular complexity index is 401. The van der Waals surface area contributed by atoms with Gasteiger partial charge in [-0.25, -0.2) is 4.98 Å². The lowest BCUT2D eigenvalue weighted by Crippen LogP contribution is -2.45. The standard InChI is InChI=1S/C15H26N4O/c1-18-8-6-13(7-9-18)19(2)14(10-16)12-4-5-15(20-3)17-11-12/h4-5,11,13-14H,6-10,16H2,1-3H3. The average molecular weight is 278 g/mol. The number of likely N-dealkylation sites (N-methyl/N-ethyl adjacent to an activating group) is 1. The zero-order valence-corrected chi connectivity index (χ0v) is 12.7. The number of piperidine rings is 1. The zero-order chi connectivity index (χ0) is 14.5. The average Bonchev–Trinajstić information content (AvgIpc) is 2.49. The van der Waals surface area contributed by atoms with Crippen LogP contribution in [0.2, 0.25) is 0 Å². The van der Waals surface area contributed by atoms with Gasteiger partial charge in [-0.1, -0.05) is 6.07 Å². The van der Waals surface area contributed by atoms with E-state index in [-0.39, 0.29) is 6.04 Å². The molecule has 0 saturated carbocycles. The van der Waals surface area contributed by atoms with E-state index in [1.54, 1.807) is 7.11 Å². The summed E-state index contributed by atoms with van der Waals surface area (Å²) in [6, 6.07) is 4.79. The van der Waals surface area contributed by atoms with Gasteiger partial charge in [-0.05, 0) is 45.6 Å². The number of hydrogen-bond donors (Lipinski definition) is 1. The molecule has 0 amide bonds. The van der Waals surface area contributed by atoms with Crippen molar-refractivity contribution >= 4 is 0 Å². The van der Waals surface area contributed by atoms with E-state index in [0.717, 1.165) is 18.7 Å². The summed E-state index contributed by atoms with van der Waals surface area (Å²) in [5.41, 5.74) is 7.16. The molecule has 1 aliphatic rings. The Morgan fingerprint density at radius 2 is 2.15 bits per heavy atom. The van der Waals surface area contributed by atoms with Crippen molar-refractivity contribution in [3.63, 3.8) is 0 Å². The zero-order valence-electron chi connectivity index (χ0n) is 12.7. The van der Waals surface area contributed by atoms with Gasteiger partial charge < -0.3 is 15.4 Å². The minimum Gasteiger partial charge on any atom is -0.481 e. The molecule has 0 aromatic carbocycles. The smallest absolute Gasteiger partial charge is 0.212 e. The molecule has 2 rings (SSSR count). The van der Waals surface area contributed by atoms with Crippen LogP contribution < -0.4 is 10.5 Å². The first-order valence-electron chi connectivity index (χ1n) is 7.26. The third-order valence-electron chi connectivity index (χ3n) is 4.33. The van der Waals surface area contributed by atoms with Crippen molar-refractivity contribution in [3.8, 4) is 5.88 Å². The van der Waals surface area contributed by atoms with Gasteiger partial charge in [0.05, 0.1) is 7.11 Å². The van der Waals surface area contributed by atoms with Gasteiger partial charge in [-0.3, -0.25) is 4.90 Å². The highest BCUT2D eigenvalue weighted by Crippen LogP contribution is 2.25. The number of methoxy groups -OCH3 is 1. The van der Waals surface area contributed by atoms with Crippen molar-refractivity contribution in [2.45, 2.75) is 24.9 Å². The summed E-state index contributed by atoms with van der Waals surface area (Å²) in [5, 5.41) is 0. The van der Waals surface area contributed by atoms with Crippen molar-refractivity contribution in [1.29, 1.82) is 0 Å². The Kier molecular flexibility index (Phi) is 5.34. The first-order valence-corrected chi connectivity index (χ1v) is 7.26. The highest BCUT2D eigenvalue weighted by Gasteiger charge is 2.26. The van der Waals surface area contributed by atoms with E-state index in [4.69, 9.17) is 10.5 Å². The minimum atomic E-state index is 0.224. The van der Waals surface area contributed by atoms with Crippen molar-refractivity contribution in [3.05, 3.63) is 23.9 Å². The molecule has 1 fully saturated rings. The van der Waals surface area contributed by atoms with E-state index in [1.807, 2.05) is 12.3 Å². The van der Waals surface area contributed by atoms with Crippen LogP contribution in [-0.2, 0) is 0 Å². The molecule has 1 saturated heterocycles. The molecule has 20 heavy (non-hydrogen) atoms. The third kappa shape index (κ3) is 3.48. The third-order valence-corrected chi connectivity index (χ3v) is 4.33. The second kappa shape index (κ2) is 7.02. The first kappa shape index (κ1) is 15.2. The van der Waals surface area contributed by atoms with Crippen molar-refractivity contribution in [2.24, 2.45) is 5.73 Å². The van der Waals surface area contributed by atoms with Crippen molar-refractivity contribution < 1.29 is 4.74 Å². The molecule has 5 nitrogen and oxygen atoms in total. The Balaban J connectivity index is 2.06. The van der Waals surface area contributed by atoms with E-state index in [0.29, 0.717) is 18.5 Å². The summed E-state index contributed by atoms with van der Waals surface area (Å²) in [7, 11) is 5.99. The molecule has 1 atom stereocenters. The predicted molar refractivity (Wildman–Crippen MR) is 80.9 cm³/mol. The second-order valence-corrected chi connectivity index (χ2v) is 5.59. The molecule has 112 valence electrons. The van der Waals surface area contributed by atoms with Crippen LogP contribution in [0.25, 0.3) is 0 Å². The number of aromatic nitrogens is 1. The quantitative estimate of drug-likeness (QED) is 0.874. The summed E-state index contributed by atoms with van der Waals surface area (Å²) in [4.78, 5) is 9.09. The lowest BCUT2D eigenvalue weighted by atomic mass is 9.99. The maximum atomic E-state index is 6.00.